The van der Waals surface area contributed by atoms with Gasteiger partial charge in [-0.3, -0.25) is 4.79 Å². The van der Waals surface area contributed by atoms with Crippen LogP contribution in [-0.4, -0.2) is 54.0 Å². The van der Waals surface area contributed by atoms with Crippen LogP contribution in [0.1, 0.15) is 55.2 Å². The van der Waals surface area contributed by atoms with Gasteiger partial charge in [-0.05, 0) is 61.1 Å². The van der Waals surface area contributed by atoms with Crippen molar-refractivity contribution in [1.82, 2.24) is 15.6 Å². The maximum Gasteiger partial charge on any atom is 0.405 e. The lowest BCUT2D eigenvalue weighted by Gasteiger charge is -2.27. The molecule has 32 heavy (non-hydrogen) atoms. The maximum atomic E-state index is 12.8. The van der Waals surface area contributed by atoms with Gasteiger partial charge >= 0.3 is 6.18 Å². The Labute approximate surface area is 186 Å². The summed E-state index contributed by atoms with van der Waals surface area (Å²) in [5.74, 6) is -0.323. The fourth-order valence-electron chi connectivity index (χ4n) is 3.93. The molecule has 1 aliphatic heterocycles. The minimum atomic E-state index is -4.32. The number of anilines is 1. The van der Waals surface area contributed by atoms with Gasteiger partial charge in [-0.2, -0.15) is 13.2 Å². The van der Waals surface area contributed by atoms with E-state index in [0.717, 1.165) is 11.1 Å². The lowest BCUT2D eigenvalue weighted by Crippen LogP contribution is -2.47. The van der Waals surface area contributed by atoms with Crippen LogP contribution in [0.25, 0.3) is 10.9 Å². The number of amides is 1. The van der Waals surface area contributed by atoms with E-state index >= 15 is 0 Å². The number of pyridine rings is 1. The number of aromatic nitrogens is 1. The molecule has 176 valence electrons. The first-order valence-corrected chi connectivity index (χ1v) is 10.8. The Hall–Kier alpha value is -2.39. The zero-order valence-electron chi connectivity index (χ0n) is 18.9. The van der Waals surface area contributed by atoms with Gasteiger partial charge in [0.1, 0.15) is 12.2 Å². The molecule has 1 aromatic heterocycles. The number of alkyl halides is 3. The van der Waals surface area contributed by atoms with Crippen molar-refractivity contribution in [2.45, 2.75) is 64.3 Å². The molecule has 2 atom stereocenters. The number of aryl methyl sites for hydroxylation is 1. The SMILES string of the molecule is Cc1cc(C(=O)NCC2CC(O)CCN2)nc2c(C(C)(C)C)cc(NCC(F)(F)F)cc12. The van der Waals surface area contributed by atoms with Gasteiger partial charge in [-0.15, -0.1) is 0 Å². The second-order valence-electron chi connectivity index (χ2n) is 9.50. The molecule has 1 fully saturated rings. The number of aliphatic hydroxyl groups is 1. The van der Waals surface area contributed by atoms with Crippen LogP contribution in [0.5, 0.6) is 0 Å². The van der Waals surface area contributed by atoms with Crippen molar-refractivity contribution in [3.63, 3.8) is 0 Å². The van der Waals surface area contributed by atoms with E-state index in [1.165, 1.54) is 0 Å². The lowest BCUT2D eigenvalue weighted by molar-refractivity contribution is -0.115. The number of aliphatic hydroxyl groups excluding tert-OH is 1. The minimum absolute atomic E-state index is 0.00310. The third-order valence-electron chi connectivity index (χ3n) is 5.63. The van der Waals surface area contributed by atoms with E-state index in [0.29, 0.717) is 42.5 Å². The number of nitrogens with one attached hydrogen (secondary N) is 3. The Morgan fingerprint density at radius 3 is 2.59 bits per heavy atom. The minimum Gasteiger partial charge on any atom is -0.393 e. The van der Waals surface area contributed by atoms with Crippen molar-refractivity contribution in [2.24, 2.45) is 0 Å². The monoisotopic (exact) mass is 452 g/mol. The Morgan fingerprint density at radius 2 is 1.97 bits per heavy atom. The largest absolute Gasteiger partial charge is 0.405 e. The molecule has 6 nitrogen and oxygen atoms in total. The topological polar surface area (TPSA) is 86.3 Å². The summed E-state index contributed by atoms with van der Waals surface area (Å²) in [6, 6.07) is 4.97. The van der Waals surface area contributed by atoms with Crippen LogP contribution < -0.4 is 16.0 Å². The first-order valence-electron chi connectivity index (χ1n) is 10.8. The highest BCUT2D eigenvalue weighted by molar-refractivity contribution is 5.97. The van der Waals surface area contributed by atoms with Crippen molar-refractivity contribution < 1.29 is 23.1 Å². The van der Waals surface area contributed by atoms with Gasteiger partial charge in [0.05, 0.1) is 11.6 Å². The highest BCUT2D eigenvalue weighted by Crippen LogP contribution is 2.34. The number of hydrogen-bond donors (Lipinski definition) is 4. The van der Waals surface area contributed by atoms with E-state index in [-0.39, 0.29) is 23.7 Å². The van der Waals surface area contributed by atoms with Crippen molar-refractivity contribution >= 4 is 22.5 Å². The Morgan fingerprint density at radius 1 is 1.25 bits per heavy atom. The third-order valence-corrected chi connectivity index (χ3v) is 5.63. The molecule has 2 aromatic rings. The molecule has 0 saturated carbocycles. The predicted molar refractivity (Wildman–Crippen MR) is 119 cm³/mol. The van der Waals surface area contributed by atoms with Gasteiger partial charge in [0.15, 0.2) is 0 Å². The molecule has 2 unspecified atom stereocenters. The molecule has 9 heteroatoms. The summed E-state index contributed by atoms with van der Waals surface area (Å²) in [6.07, 6.45) is -3.42. The normalized spacial score (nSPS) is 19.8. The number of piperidine rings is 1. The molecule has 1 aliphatic rings. The van der Waals surface area contributed by atoms with Gasteiger partial charge in [-0.1, -0.05) is 20.8 Å². The van der Waals surface area contributed by atoms with E-state index in [1.807, 2.05) is 27.7 Å². The van der Waals surface area contributed by atoms with Crippen molar-refractivity contribution in [3.8, 4) is 0 Å². The molecular weight excluding hydrogens is 421 g/mol. The van der Waals surface area contributed by atoms with Gasteiger partial charge < -0.3 is 21.1 Å². The number of hydrogen-bond acceptors (Lipinski definition) is 5. The number of benzene rings is 1. The first kappa shape index (κ1) is 24.3. The molecule has 0 spiro atoms. The Bertz CT molecular complexity index is 986. The summed E-state index contributed by atoms with van der Waals surface area (Å²) in [5.41, 5.74) is 2.34. The van der Waals surface area contributed by atoms with Crippen molar-refractivity contribution in [3.05, 3.63) is 35.0 Å². The van der Waals surface area contributed by atoms with Crippen LogP contribution >= 0.6 is 0 Å². The molecule has 1 saturated heterocycles. The molecule has 2 heterocycles. The van der Waals surface area contributed by atoms with Crippen LogP contribution in [0.3, 0.4) is 0 Å². The summed E-state index contributed by atoms with van der Waals surface area (Å²) in [7, 11) is 0. The van der Waals surface area contributed by atoms with Gasteiger partial charge in [0.25, 0.3) is 5.91 Å². The fourth-order valence-corrected chi connectivity index (χ4v) is 3.93. The fraction of sp³-hybridized carbons (Fsp3) is 0.565. The molecule has 1 amide bonds. The standard InChI is InChI=1S/C23H31F3N4O2/c1-13-7-19(21(32)28-11-15-8-16(31)5-6-27-15)30-20-17(13)9-14(29-12-23(24,25)26)10-18(20)22(2,3)4/h7,9-10,15-16,27,29,31H,5-6,8,11-12H2,1-4H3,(H,28,32). The van der Waals surface area contributed by atoms with Crippen LogP contribution in [-0.2, 0) is 5.41 Å². The number of fused-ring (bicyclic) bond motifs is 1. The summed E-state index contributed by atoms with van der Waals surface area (Å²) >= 11 is 0. The number of halogens is 3. The maximum absolute atomic E-state index is 12.8. The van der Waals surface area contributed by atoms with E-state index in [4.69, 9.17) is 0 Å². The Balaban J connectivity index is 1.90. The van der Waals surface area contributed by atoms with Crippen LogP contribution in [0.2, 0.25) is 0 Å². The quantitative estimate of drug-likeness (QED) is 0.556. The highest BCUT2D eigenvalue weighted by Gasteiger charge is 2.28. The van der Waals surface area contributed by atoms with Crippen LogP contribution in [0.4, 0.5) is 18.9 Å². The molecular formula is C23H31F3N4O2. The van der Waals surface area contributed by atoms with E-state index in [9.17, 15) is 23.1 Å². The van der Waals surface area contributed by atoms with Crippen LogP contribution in [0.15, 0.2) is 18.2 Å². The highest BCUT2D eigenvalue weighted by atomic mass is 19.4. The summed E-state index contributed by atoms with van der Waals surface area (Å²) in [5, 5.41) is 19.1. The van der Waals surface area contributed by atoms with Crippen molar-refractivity contribution in [1.29, 1.82) is 0 Å². The smallest absolute Gasteiger partial charge is 0.393 e. The van der Waals surface area contributed by atoms with E-state index in [2.05, 4.69) is 20.9 Å². The molecule has 3 rings (SSSR count). The zero-order chi connectivity index (χ0) is 23.7. The molecule has 4 N–H and O–H groups in total. The Kier molecular flexibility index (Phi) is 7.00. The average molecular weight is 453 g/mol. The first-order chi connectivity index (χ1) is 14.8. The average Bonchev–Trinajstić information content (AvgIpc) is 2.69. The lowest BCUT2D eigenvalue weighted by atomic mass is 9.84. The number of carbonyl (C=O) groups is 1. The predicted octanol–water partition coefficient (Wildman–Crippen LogP) is 3.66. The molecule has 0 bridgehead atoms. The van der Waals surface area contributed by atoms with Gasteiger partial charge in [0.2, 0.25) is 0 Å². The zero-order valence-corrected chi connectivity index (χ0v) is 18.9. The number of carbonyl (C=O) groups excluding carboxylic acids is 1. The van der Waals surface area contributed by atoms with Crippen molar-refractivity contribution in [2.75, 3.05) is 25.0 Å². The number of rotatable bonds is 5. The molecule has 1 aromatic carbocycles. The van der Waals surface area contributed by atoms with Gasteiger partial charge in [0, 0.05) is 23.7 Å². The second-order valence-corrected chi connectivity index (χ2v) is 9.50. The van der Waals surface area contributed by atoms with Gasteiger partial charge in [-0.25, -0.2) is 4.98 Å². The summed E-state index contributed by atoms with van der Waals surface area (Å²) < 4.78 is 38.1. The van der Waals surface area contributed by atoms with E-state index in [1.54, 1.807) is 18.2 Å². The third kappa shape index (κ3) is 6.10. The summed E-state index contributed by atoms with van der Waals surface area (Å²) in [6.45, 7) is 7.64. The molecule has 0 aliphatic carbocycles. The number of nitrogens with zero attached hydrogens (tertiary/aromatic N) is 1. The van der Waals surface area contributed by atoms with E-state index < -0.39 is 18.1 Å². The van der Waals surface area contributed by atoms with Crippen LogP contribution in [0, 0.1) is 6.92 Å². The molecule has 0 radical (unpaired) electrons. The second kappa shape index (κ2) is 9.23. The summed E-state index contributed by atoms with van der Waals surface area (Å²) in [4.78, 5) is 17.4.